The monoisotopic (exact) mass is 318 g/mol. The summed E-state index contributed by atoms with van der Waals surface area (Å²) in [6.07, 6.45) is 0.429. The van der Waals surface area contributed by atoms with E-state index in [1.54, 1.807) is 6.92 Å². The van der Waals surface area contributed by atoms with Gasteiger partial charge in [-0.05, 0) is 42.8 Å². The summed E-state index contributed by atoms with van der Waals surface area (Å²) in [5, 5.41) is 5.94. The minimum absolute atomic E-state index is 0.0337. The molecule has 1 unspecified atom stereocenters. The van der Waals surface area contributed by atoms with Crippen LogP contribution in [0.25, 0.3) is 0 Å². The van der Waals surface area contributed by atoms with E-state index in [1.807, 2.05) is 31.2 Å². The van der Waals surface area contributed by atoms with Crippen LogP contribution in [0.5, 0.6) is 0 Å². The number of carbonyl (C=O) groups excluding carboxylic acids is 1. The van der Waals surface area contributed by atoms with Crippen LogP contribution in [0.3, 0.4) is 0 Å². The first kappa shape index (κ1) is 17.1. The number of benzene rings is 2. The highest BCUT2D eigenvalue weighted by molar-refractivity contribution is 5.90. The van der Waals surface area contributed by atoms with Crippen molar-refractivity contribution in [2.24, 2.45) is 0 Å². The van der Waals surface area contributed by atoms with Gasteiger partial charge in [-0.1, -0.05) is 19.1 Å². The molecule has 2 aromatic carbocycles. The first-order valence-corrected chi connectivity index (χ1v) is 7.56. The molecule has 0 saturated carbocycles. The second-order valence-electron chi connectivity index (χ2n) is 5.36. The highest BCUT2D eigenvalue weighted by Crippen LogP contribution is 2.17. The van der Waals surface area contributed by atoms with E-state index in [1.165, 1.54) is 6.07 Å². The number of halogens is 2. The number of hydrogen-bond donors (Lipinski definition) is 2. The Bertz CT molecular complexity index is 671. The Labute approximate surface area is 134 Å². The van der Waals surface area contributed by atoms with Gasteiger partial charge in [0.25, 0.3) is 0 Å². The first-order chi connectivity index (χ1) is 11.0. The van der Waals surface area contributed by atoms with Crippen LogP contribution in [-0.4, -0.2) is 5.91 Å². The molecule has 1 amide bonds. The summed E-state index contributed by atoms with van der Waals surface area (Å²) in [6, 6.07) is 10.8. The third-order valence-electron chi connectivity index (χ3n) is 3.62. The molecule has 0 spiro atoms. The first-order valence-electron chi connectivity index (χ1n) is 7.56. The number of hydrogen-bond acceptors (Lipinski definition) is 2. The van der Waals surface area contributed by atoms with Gasteiger partial charge in [-0.3, -0.25) is 4.79 Å². The van der Waals surface area contributed by atoms with E-state index in [0.29, 0.717) is 12.0 Å². The Morgan fingerprint density at radius 1 is 1.13 bits per heavy atom. The number of carbonyl (C=O) groups is 1. The lowest BCUT2D eigenvalue weighted by molar-refractivity contribution is -0.115. The van der Waals surface area contributed by atoms with Crippen LogP contribution in [0.2, 0.25) is 0 Å². The van der Waals surface area contributed by atoms with Crippen molar-refractivity contribution in [1.82, 2.24) is 5.32 Å². The Hall–Kier alpha value is -2.27. The molecule has 5 heteroatoms. The zero-order chi connectivity index (χ0) is 16.8. The van der Waals surface area contributed by atoms with Gasteiger partial charge in [-0.15, -0.1) is 0 Å². The fourth-order valence-corrected chi connectivity index (χ4v) is 2.16. The summed E-state index contributed by atoms with van der Waals surface area (Å²) in [6.45, 7) is 3.97. The third-order valence-corrected chi connectivity index (χ3v) is 3.62. The van der Waals surface area contributed by atoms with Crippen LogP contribution < -0.4 is 10.6 Å². The molecular weight excluding hydrogens is 298 g/mol. The van der Waals surface area contributed by atoms with Gasteiger partial charge in [-0.25, -0.2) is 8.78 Å². The third kappa shape index (κ3) is 4.86. The van der Waals surface area contributed by atoms with Gasteiger partial charge in [0.15, 0.2) is 0 Å². The second-order valence-corrected chi connectivity index (χ2v) is 5.36. The minimum Gasteiger partial charge on any atom is -0.326 e. The lowest BCUT2D eigenvalue weighted by Crippen LogP contribution is -2.19. The maximum atomic E-state index is 13.6. The Morgan fingerprint density at radius 2 is 1.83 bits per heavy atom. The molecule has 2 aromatic rings. The van der Waals surface area contributed by atoms with Gasteiger partial charge in [0.2, 0.25) is 5.91 Å². The highest BCUT2D eigenvalue weighted by Gasteiger charge is 2.08. The van der Waals surface area contributed by atoms with E-state index < -0.39 is 11.6 Å². The van der Waals surface area contributed by atoms with Crippen molar-refractivity contribution in [3.63, 3.8) is 0 Å². The predicted molar refractivity (Wildman–Crippen MR) is 87.0 cm³/mol. The molecule has 3 nitrogen and oxygen atoms in total. The molecule has 0 aromatic heterocycles. The predicted octanol–water partition coefficient (Wildman–Crippen LogP) is 4.16. The molecule has 0 aliphatic heterocycles. The largest absolute Gasteiger partial charge is 0.326 e. The maximum absolute atomic E-state index is 13.6. The van der Waals surface area contributed by atoms with E-state index in [2.05, 4.69) is 10.6 Å². The van der Waals surface area contributed by atoms with Crippen molar-refractivity contribution in [2.75, 3.05) is 5.32 Å². The smallest absolute Gasteiger partial charge is 0.224 e. The van der Waals surface area contributed by atoms with Gasteiger partial charge in [0.1, 0.15) is 11.6 Å². The van der Waals surface area contributed by atoms with Crippen LogP contribution in [0.15, 0.2) is 42.5 Å². The summed E-state index contributed by atoms with van der Waals surface area (Å²) in [4.78, 5) is 11.3. The second kappa shape index (κ2) is 7.83. The SMILES string of the molecule is CCC(=O)Nc1ccc(C(C)NCc2cc(F)ccc2F)cc1. The van der Waals surface area contributed by atoms with Gasteiger partial charge in [-0.2, -0.15) is 0 Å². The lowest BCUT2D eigenvalue weighted by atomic mass is 10.1. The van der Waals surface area contributed by atoms with Crippen molar-refractivity contribution in [3.8, 4) is 0 Å². The van der Waals surface area contributed by atoms with Crippen LogP contribution in [0, 0.1) is 11.6 Å². The zero-order valence-corrected chi connectivity index (χ0v) is 13.2. The molecule has 1 atom stereocenters. The molecule has 0 heterocycles. The summed E-state index contributed by atoms with van der Waals surface area (Å²) in [5.41, 5.74) is 2.03. The molecule has 23 heavy (non-hydrogen) atoms. The lowest BCUT2D eigenvalue weighted by Gasteiger charge is -2.15. The maximum Gasteiger partial charge on any atom is 0.224 e. The molecule has 122 valence electrons. The molecule has 2 N–H and O–H groups in total. The normalized spacial score (nSPS) is 12.0. The highest BCUT2D eigenvalue weighted by atomic mass is 19.1. The van der Waals surface area contributed by atoms with Crippen molar-refractivity contribution in [3.05, 3.63) is 65.2 Å². The van der Waals surface area contributed by atoms with Gasteiger partial charge >= 0.3 is 0 Å². The van der Waals surface area contributed by atoms with Crippen molar-refractivity contribution < 1.29 is 13.6 Å². The Morgan fingerprint density at radius 3 is 2.48 bits per heavy atom. The average Bonchev–Trinajstić information content (AvgIpc) is 2.56. The fourth-order valence-electron chi connectivity index (χ4n) is 2.16. The van der Waals surface area contributed by atoms with Crippen LogP contribution in [0.4, 0.5) is 14.5 Å². The Balaban J connectivity index is 1.96. The minimum atomic E-state index is -0.452. The quantitative estimate of drug-likeness (QED) is 0.839. The van der Waals surface area contributed by atoms with Gasteiger partial charge in [0.05, 0.1) is 0 Å². The molecule has 0 fully saturated rings. The van der Waals surface area contributed by atoms with Crippen molar-refractivity contribution in [1.29, 1.82) is 0 Å². The number of nitrogens with one attached hydrogen (secondary N) is 2. The van der Waals surface area contributed by atoms with E-state index in [4.69, 9.17) is 0 Å². The molecule has 0 saturated heterocycles. The van der Waals surface area contributed by atoms with E-state index >= 15 is 0 Å². The van der Waals surface area contributed by atoms with Crippen LogP contribution >= 0.6 is 0 Å². The standard InChI is InChI=1S/C18H20F2N2O/c1-3-18(23)22-16-7-4-13(5-8-16)12(2)21-11-14-10-15(19)6-9-17(14)20/h4-10,12,21H,3,11H2,1-2H3,(H,22,23). The van der Waals surface area contributed by atoms with Crippen LogP contribution in [0.1, 0.15) is 37.4 Å². The molecule has 0 bridgehead atoms. The molecule has 0 aliphatic carbocycles. The fraction of sp³-hybridized carbons (Fsp3) is 0.278. The molecule has 2 rings (SSSR count). The molecular formula is C18H20F2N2O. The number of rotatable bonds is 6. The summed E-state index contributed by atoms with van der Waals surface area (Å²) in [7, 11) is 0. The zero-order valence-electron chi connectivity index (χ0n) is 13.2. The summed E-state index contributed by atoms with van der Waals surface area (Å²) in [5.74, 6) is -0.916. The topological polar surface area (TPSA) is 41.1 Å². The van der Waals surface area contributed by atoms with E-state index in [-0.39, 0.29) is 18.5 Å². The van der Waals surface area contributed by atoms with Gasteiger partial charge < -0.3 is 10.6 Å². The van der Waals surface area contributed by atoms with Crippen LogP contribution in [-0.2, 0) is 11.3 Å². The summed E-state index contributed by atoms with van der Waals surface area (Å²) >= 11 is 0. The molecule has 0 aliphatic rings. The molecule has 0 radical (unpaired) electrons. The van der Waals surface area contributed by atoms with Crippen molar-refractivity contribution >= 4 is 11.6 Å². The van der Waals surface area contributed by atoms with Crippen molar-refractivity contribution in [2.45, 2.75) is 32.9 Å². The Kier molecular flexibility index (Phi) is 5.82. The summed E-state index contributed by atoms with van der Waals surface area (Å²) < 4.78 is 26.7. The number of amides is 1. The average molecular weight is 318 g/mol. The van der Waals surface area contributed by atoms with E-state index in [0.717, 1.165) is 23.4 Å². The number of anilines is 1. The van der Waals surface area contributed by atoms with Gasteiger partial charge in [0, 0.05) is 30.3 Å². The van der Waals surface area contributed by atoms with E-state index in [9.17, 15) is 13.6 Å².